The van der Waals surface area contributed by atoms with Gasteiger partial charge in [0, 0.05) is 22.7 Å². The van der Waals surface area contributed by atoms with E-state index in [0.29, 0.717) is 11.3 Å². The van der Waals surface area contributed by atoms with Gasteiger partial charge in [0.05, 0.1) is 0 Å². The van der Waals surface area contributed by atoms with Crippen molar-refractivity contribution in [1.82, 2.24) is 5.32 Å². The second kappa shape index (κ2) is 6.26. The quantitative estimate of drug-likeness (QED) is 0.786. The lowest BCUT2D eigenvalue weighted by molar-refractivity contribution is 0.574. The molecule has 0 saturated carbocycles. The molecule has 0 atom stereocenters. The molecule has 1 rings (SSSR count). The van der Waals surface area contributed by atoms with Crippen molar-refractivity contribution in [2.24, 2.45) is 0 Å². The van der Waals surface area contributed by atoms with E-state index in [4.69, 9.17) is 0 Å². The van der Waals surface area contributed by atoms with E-state index in [1.54, 1.807) is 17.8 Å². The van der Waals surface area contributed by atoms with Crippen molar-refractivity contribution in [2.75, 3.05) is 0 Å². The molecule has 0 radical (unpaired) electrons. The average Bonchev–Trinajstić information content (AvgIpc) is 2.18. The van der Waals surface area contributed by atoms with Gasteiger partial charge in [-0.3, -0.25) is 0 Å². The minimum absolute atomic E-state index is 0.109. The predicted octanol–water partition coefficient (Wildman–Crippen LogP) is 3.82. The maximum Gasteiger partial charge on any atom is 0.137 e. The summed E-state index contributed by atoms with van der Waals surface area (Å²) in [7, 11) is 0. The Morgan fingerprint density at radius 3 is 2.44 bits per heavy atom. The van der Waals surface area contributed by atoms with Crippen LogP contribution in [0.3, 0.4) is 0 Å². The van der Waals surface area contributed by atoms with Crippen molar-refractivity contribution in [2.45, 2.75) is 50.4 Å². The summed E-state index contributed by atoms with van der Waals surface area (Å²) in [5.41, 5.74) is 0.999. The van der Waals surface area contributed by atoms with Gasteiger partial charge in [-0.2, -0.15) is 0 Å². The fourth-order valence-corrected chi connectivity index (χ4v) is 2.15. The minimum atomic E-state index is -0.109. The van der Waals surface area contributed by atoms with Gasteiger partial charge in [-0.25, -0.2) is 4.39 Å². The number of rotatable bonds is 5. The van der Waals surface area contributed by atoms with E-state index in [1.807, 2.05) is 12.1 Å². The van der Waals surface area contributed by atoms with Crippen molar-refractivity contribution < 1.29 is 4.39 Å². The SMILES string of the molecule is CC(C)NCc1ccc(SC(C)C)c(F)c1. The molecule has 0 amide bonds. The van der Waals surface area contributed by atoms with Crippen molar-refractivity contribution in [1.29, 1.82) is 0 Å². The molecule has 0 aliphatic rings. The molecule has 90 valence electrons. The minimum Gasteiger partial charge on any atom is -0.310 e. The Kier molecular flexibility index (Phi) is 5.29. The molecule has 1 aromatic rings. The number of benzene rings is 1. The molecule has 1 N–H and O–H groups in total. The third kappa shape index (κ3) is 4.54. The Labute approximate surface area is 102 Å². The summed E-state index contributed by atoms with van der Waals surface area (Å²) in [4.78, 5) is 0.739. The van der Waals surface area contributed by atoms with Gasteiger partial charge in [0.2, 0.25) is 0 Å². The zero-order valence-corrected chi connectivity index (χ0v) is 11.2. The molecule has 0 bridgehead atoms. The summed E-state index contributed by atoms with van der Waals surface area (Å²) >= 11 is 1.56. The molecule has 0 saturated heterocycles. The number of thioether (sulfide) groups is 1. The molecule has 0 aliphatic heterocycles. The van der Waals surface area contributed by atoms with Gasteiger partial charge in [0.25, 0.3) is 0 Å². The second-order valence-corrected chi connectivity index (χ2v) is 6.09. The van der Waals surface area contributed by atoms with E-state index in [0.717, 1.165) is 17.0 Å². The third-order valence-electron chi connectivity index (χ3n) is 2.07. The Bertz CT molecular complexity index is 337. The van der Waals surface area contributed by atoms with Crippen LogP contribution in [-0.4, -0.2) is 11.3 Å². The van der Waals surface area contributed by atoms with E-state index in [9.17, 15) is 4.39 Å². The summed E-state index contributed by atoms with van der Waals surface area (Å²) in [6.45, 7) is 9.02. The highest BCUT2D eigenvalue weighted by molar-refractivity contribution is 7.99. The second-order valence-electron chi connectivity index (χ2n) is 4.47. The lowest BCUT2D eigenvalue weighted by atomic mass is 10.2. The Hall–Kier alpha value is -0.540. The Morgan fingerprint density at radius 1 is 1.25 bits per heavy atom. The molecule has 0 aromatic heterocycles. The van der Waals surface area contributed by atoms with Crippen LogP contribution in [0.2, 0.25) is 0 Å². The van der Waals surface area contributed by atoms with Crippen LogP contribution < -0.4 is 5.32 Å². The molecule has 3 heteroatoms. The number of halogens is 1. The molecule has 16 heavy (non-hydrogen) atoms. The van der Waals surface area contributed by atoms with Gasteiger partial charge in [-0.1, -0.05) is 33.8 Å². The lowest BCUT2D eigenvalue weighted by Crippen LogP contribution is -2.21. The molecule has 0 heterocycles. The van der Waals surface area contributed by atoms with E-state index >= 15 is 0 Å². The number of hydrogen-bond acceptors (Lipinski definition) is 2. The largest absolute Gasteiger partial charge is 0.310 e. The van der Waals surface area contributed by atoms with Crippen molar-refractivity contribution >= 4 is 11.8 Å². The normalized spacial score (nSPS) is 11.4. The zero-order chi connectivity index (χ0) is 12.1. The van der Waals surface area contributed by atoms with E-state index in [-0.39, 0.29) is 5.82 Å². The molecule has 0 unspecified atom stereocenters. The van der Waals surface area contributed by atoms with Crippen molar-refractivity contribution in [3.63, 3.8) is 0 Å². The molecule has 0 aliphatic carbocycles. The highest BCUT2D eigenvalue weighted by Gasteiger charge is 2.06. The van der Waals surface area contributed by atoms with Gasteiger partial charge in [0.1, 0.15) is 5.82 Å². The van der Waals surface area contributed by atoms with Crippen LogP contribution in [0.5, 0.6) is 0 Å². The van der Waals surface area contributed by atoms with Crippen molar-refractivity contribution in [3.05, 3.63) is 29.6 Å². The average molecular weight is 241 g/mol. The molecule has 0 spiro atoms. The zero-order valence-electron chi connectivity index (χ0n) is 10.4. The molecule has 0 fully saturated rings. The van der Waals surface area contributed by atoms with Crippen LogP contribution in [0, 0.1) is 5.82 Å². The van der Waals surface area contributed by atoms with Crippen LogP contribution in [0.1, 0.15) is 33.3 Å². The van der Waals surface area contributed by atoms with Gasteiger partial charge in [-0.05, 0) is 17.7 Å². The van der Waals surface area contributed by atoms with Crippen LogP contribution >= 0.6 is 11.8 Å². The van der Waals surface area contributed by atoms with E-state index in [1.165, 1.54) is 0 Å². The fourth-order valence-electron chi connectivity index (χ4n) is 1.33. The highest BCUT2D eigenvalue weighted by atomic mass is 32.2. The Morgan fingerprint density at radius 2 is 1.94 bits per heavy atom. The number of nitrogens with one attached hydrogen (secondary N) is 1. The first-order valence-corrected chi connectivity index (χ1v) is 6.55. The first-order valence-electron chi connectivity index (χ1n) is 5.67. The van der Waals surface area contributed by atoms with E-state index in [2.05, 4.69) is 33.0 Å². The lowest BCUT2D eigenvalue weighted by Gasteiger charge is -2.10. The van der Waals surface area contributed by atoms with Gasteiger partial charge >= 0.3 is 0 Å². The standard InChI is InChI=1S/C13H20FNS/c1-9(2)15-8-11-5-6-13(12(14)7-11)16-10(3)4/h5-7,9-10,15H,8H2,1-4H3. The molecular weight excluding hydrogens is 221 g/mol. The van der Waals surface area contributed by atoms with Gasteiger partial charge < -0.3 is 5.32 Å². The highest BCUT2D eigenvalue weighted by Crippen LogP contribution is 2.26. The smallest absolute Gasteiger partial charge is 0.137 e. The summed E-state index contributed by atoms with van der Waals surface area (Å²) in [5, 5.41) is 3.69. The van der Waals surface area contributed by atoms with Crippen molar-refractivity contribution in [3.8, 4) is 0 Å². The van der Waals surface area contributed by atoms with Crippen LogP contribution in [-0.2, 0) is 6.54 Å². The summed E-state index contributed by atoms with van der Waals surface area (Å²) < 4.78 is 13.7. The van der Waals surface area contributed by atoms with Crippen LogP contribution in [0.25, 0.3) is 0 Å². The maximum absolute atomic E-state index is 13.7. The third-order valence-corrected chi connectivity index (χ3v) is 3.13. The fraction of sp³-hybridized carbons (Fsp3) is 0.538. The maximum atomic E-state index is 13.7. The van der Waals surface area contributed by atoms with E-state index < -0.39 is 0 Å². The monoisotopic (exact) mass is 241 g/mol. The van der Waals surface area contributed by atoms with Gasteiger partial charge in [-0.15, -0.1) is 11.8 Å². The van der Waals surface area contributed by atoms with Crippen LogP contribution in [0.15, 0.2) is 23.1 Å². The van der Waals surface area contributed by atoms with Gasteiger partial charge in [0.15, 0.2) is 0 Å². The first-order chi connectivity index (χ1) is 7.49. The summed E-state index contributed by atoms with van der Waals surface area (Å²) in [6.07, 6.45) is 0. The summed E-state index contributed by atoms with van der Waals surface area (Å²) in [5.74, 6) is -0.109. The summed E-state index contributed by atoms with van der Waals surface area (Å²) in [6, 6.07) is 5.91. The number of hydrogen-bond donors (Lipinski definition) is 1. The molecule has 1 nitrogen and oxygen atoms in total. The Balaban J connectivity index is 2.67. The predicted molar refractivity (Wildman–Crippen MR) is 69.4 cm³/mol. The topological polar surface area (TPSA) is 12.0 Å². The first kappa shape index (κ1) is 13.5. The molecular formula is C13H20FNS. The van der Waals surface area contributed by atoms with Crippen LogP contribution in [0.4, 0.5) is 4.39 Å². The molecule has 1 aromatic carbocycles.